The van der Waals surface area contributed by atoms with Gasteiger partial charge in [0.25, 0.3) is 5.56 Å². The third kappa shape index (κ3) is 5.26. The van der Waals surface area contributed by atoms with Gasteiger partial charge in [-0.1, -0.05) is 49.4 Å². The van der Waals surface area contributed by atoms with Crippen LogP contribution in [-0.4, -0.2) is 68.0 Å². The van der Waals surface area contributed by atoms with Gasteiger partial charge in [-0.3, -0.25) is 14.6 Å². The highest BCUT2D eigenvalue weighted by atomic mass is 16.7. The number of ether oxygens (including phenoxy) is 2. The Morgan fingerprint density at radius 2 is 1.67 bits per heavy atom. The second kappa shape index (κ2) is 11.4. The van der Waals surface area contributed by atoms with Crippen LogP contribution in [0.5, 0.6) is 11.5 Å². The number of aryl methyl sites for hydroxylation is 1. The van der Waals surface area contributed by atoms with Crippen LogP contribution in [0.25, 0.3) is 10.9 Å². The number of aromatic nitrogens is 5. The van der Waals surface area contributed by atoms with E-state index in [9.17, 15) is 4.79 Å². The zero-order chi connectivity index (χ0) is 28.5. The van der Waals surface area contributed by atoms with Gasteiger partial charge in [0, 0.05) is 43.8 Å². The first-order chi connectivity index (χ1) is 20.6. The third-order valence-corrected chi connectivity index (χ3v) is 8.23. The first-order valence-corrected chi connectivity index (χ1v) is 14.5. The predicted octanol–water partition coefficient (Wildman–Crippen LogP) is 3.76. The van der Waals surface area contributed by atoms with Gasteiger partial charge >= 0.3 is 0 Å². The largest absolute Gasteiger partial charge is 0.454 e. The van der Waals surface area contributed by atoms with Crippen molar-refractivity contribution in [2.45, 2.75) is 32.5 Å². The molecule has 214 valence electrons. The molecule has 4 heterocycles. The van der Waals surface area contributed by atoms with E-state index in [-0.39, 0.29) is 12.4 Å². The van der Waals surface area contributed by atoms with Crippen molar-refractivity contribution < 1.29 is 9.47 Å². The third-order valence-electron chi connectivity index (χ3n) is 8.23. The number of nitrogens with zero attached hydrogens (tertiary/aromatic N) is 6. The Bertz CT molecular complexity index is 1760. The number of hydrogen-bond acceptors (Lipinski definition) is 8. The van der Waals surface area contributed by atoms with Crippen molar-refractivity contribution in [2.75, 3.05) is 33.0 Å². The van der Waals surface area contributed by atoms with Crippen LogP contribution in [0.4, 0.5) is 0 Å². The standard InChI is InChI=1S/C32H33N7O3/c1-2-22-8-10-27-25(16-22)18-26(32(40)33-27)30(31-34-35-36-39(31)20-23-6-4-3-5-7-23)38-14-12-37(13-15-38)19-24-9-11-28-29(17-24)42-21-41-28/h3-11,16-18,30H,2,12-15,19-21H2,1H3,(H,33,40). The number of benzene rings is 3. The molecule has 2 aliphatic rings. The Morgan fingerprint density at radius 3 is 2.50 bits per heavy atom. The lowest BCUT2D eigenvalue weighted by Crippen LogP contribution is -2.48. The van der Waals surface area contributed by atoms with Crippen LogP contribution in [0, 0.1) is 0 Å². The molecule has 1 atom stereocenters. The molecule has 0 radical (unpaired) electrons. The fourth-order valence-corrected chi connectivity index (χ4v) is 5.95. The van der Waals surface area contributed by atoms with E-state index in [1.54, 1.807) is 0 Å². The molecule has 5 aromatic rings. The molecule has 1 N–H and O–H groups in total. The average molecular weight is 564 g/mol. The summed E-state index contributed by atoms with van der Waals surface area (Å²) in [6.45, 7) is 6.97. The summed E-state index contributed by atoms with van der Waals surface area (Å²) in [6.07, 6.45) is 0.925. The summed E-state index contributed by atoms with van der Waals surface area (Å²) in [5.74, 6) is 2.27. The molecule has 0 bridgehead atoms. The van der Waals surface area contributed by atoms with E-state index in [1.807, 2.05) is 41.1 Å². The fourth-order valence-electron chi connectivity index (χ4n) is 5.95. The lowest BCUT2D eigenvalue weighted by Gasteiger charge is -2.38. The van der Waals surface area contributed by atoms with Crippen LogP contribution in [-0.2, 0) is 19.5 Å². The normalized spacial score (nSPS) is 16.2. The number of nitrogens with one attached hydrogen (secondary N) is 1. The molecule has 10 nitrogen and oxygen atoms in total. The van der Waals surface area contributed by atoms with Crippen molar-refractivity contribution in [3.63, 3.8) is 0 Å². The number of pyridine rings is 1. The molecule has 1 saturated heterocycles. The maximum absolute atomic E-state index is 13.6. The Balaban J connectivity index is 1.20. The van der Waals surface area contributed by atoms with E-state index in [1.165, 1.54) is 11.1 Å². The van der Waals surface area contributed by atoms with Crippen molar-refractivity contribution in [3.8, 4) is 11.5 Å². The molecule has 0 spiro atoms. The number of aromatic amines is 1. The minimum Gasteiger partial charge on any atom is -0.454 e. The van der Waals surface area contributed by atoms with E-state index >= 15 is 0 Å². The van der Waals surface area contributed by atoms with Crippen LogP contribution in [0.3, 0.4) is 0 Å². The molecular formula is C32H33N7O3. The predicted molar refractivity (Wildman–Crippen MR) is 159 cm³/mol. The molecule has 0 saturated carbocycles. The van der Waals surface area contributed by atoms with Crippen molar-refractivity contribution in [3.05, 3.63) is 111 Å². The summed E-state index contributed by atoms with van der Waals surface area (Å²) in [7, 11) is 0. The molecule has 1 fully saturated rings. The minimum atomic E-state index is -0.394. The van der Waals surface area contributed by atoms with E-state index < -0.39 is 6.04 Å². The zero-order valence-corrected chi connectivity index (χ0v) is 23.6. The van der Waals surface area contributed by atoms with Gasteiger partial charge in [-0.05, 0) is 69.3 Å². The smallest absolute Gasteiger partial charge is 0.253 e. The van der Waals surface area contributed by atoms with Crippen LogP contribution < -0.4 is 15.0 Å². The summed E-state index contributed by atoms with van der Waals surface area (Å²) in [4.78, 5) is 21.5. The Hall–Kier alpha value is -4.54. The molecule has 42 heavy (non-hydrogen) atoms. The van der Waals surface area contributed by atoms with E-state index in [2.05, 4.69) is 73.6 Å². The molecule has 2 aliphatic heterocycles. The summed E-state index contributed by atoms with van der Waals surface area (Å²) in [6, 6.07) is 24.1. The maximum atomic E-state index is 13.6. The Kier molecular flexibility index (Phi) is 7.15. The number of fused-ring (bicyclic) bond motifs is 2. The van der Waals surface area contributed by atoms with Gasteiger partial charge in [-0.25, -0.2) is 4.68 Å². The summed E-state index contributed by atoms with van der Waals surface area (Å²) < 4.78 is 12.9. The van der Waals surface area contributed by atoms with E-state index in [4.69, 9.17) is 9.47 Å². The number of piperazine rings is 1. The fraction of sp³-hybridized carbons (Fsp3) is 0.312. The topological polar surface area (TPSA) is 101 Å². The van der Waals surface area contributed by atoms with Crippen molar-refractivity contribution in [2.24, 2.45) is 0 Å². The summed E-state index contributed by atoms with van der Waals surface area (Å²) in [5.41, 5.74) is 4.88. The first-order valence-electron chi connectivity index (χ1n) is 14.5. The van der Waals surface area contributed by atoms with Gasteiger partial charge in [0.1, 0.15) is 6.04 Å². The van der Waals surface area contributed by atoms with Crippen molar-refractivity contribution in [1.82, 2.24) is 35.0 Å². The molecule has 2 aromatic heterocycles. The number of tetrazole rings is 1. The Morgan fingerprint density at radius 1 is 0.857 bits per heavy atom. The van der Waals surface area contributed by atoms with Gasteiger partial charge in [-0.15, -0.1) is 5.10 Å². The summed E-state index contributed by atoms with van der Waals surface area (Å²) >= 11 is 0. The molecule has 10 heteroatoms. The monoisotopic (exact) mass is 563 g/mol. The van der Waals surface area contributed by atoms with Gasteiger partial charge in [-0.2, -0.15) is 0 Å². The van der Waals surface area contributed by atoms with E-state index in [0.717, 1.165) is 67.1 Å². The summed E-state index contributed by atoms with van der Waals surface area (Å²) in [5, 5.41) is 13.9. The van der Waals surface area contributed by atoms with Crippen molar-refractivity contribution in [1.29, 1.82) is 0 Å². The molecular weight excluding hydrogens is 530 g/mol. The molecule has 7 rings (SSSR count). The number of H-pyrrole nitrogens is 1. The minimum absolute atomic E-state index is 0.117. The van der Waals surface area contributed by atoms with Gasteiger partial charge in [0.2, 0.25) is 6.79 Å². The molecule has 0 amide bonds. The zero-order valence-electron chi connectivity index (χ0n) is 23.6. The second-order valence-corrected chi connectivity index (χ2v) is 10.9. The Labute approximate surface area is 243 Å². The van der Waals surface area contributed by atoms with Gasteiger partial charge in [0.05, 0.1) is 6.54 Å². The van der Waals surface area contributed by atoms with Gasteiger partial charge < -0.3 is 14.5 Å². The highest BCUT2D eigenvalue weighted by molar-refractivity contribution is 5.80. The molecule has 3 aromatic carbocycles. The van der Waals surface area contributed by atoms with Crippen LogP contribution >= 0.6 is 0 Å². The molecule has 0 aliphatic carbocycles. The lowest BCUT2D eigenvalue weighted by molar-refractivity contribution is 0.0998. The van der Waals surface area contributed by atoms with Crippen LogP contribution in [0.1, 0.15) is 41.0 Å². The maximum Gasteiger partial charge on any atom is 0.253 e. The highest BCUT2D eigenvalue weighted by Gasteiger charge is 2.33. The second-order valence-electron chi connectivity index (χ2n) is 10.9. The number of rotatable bonds is 8. The lowest BCUT2D eigenvalue weighted by atomic mass is 10.0. The van der Waals surface area contributed by atoms with Crippen LogP contribution in [0.2, 0.25) is 0 Å². The first kappa shape index (κ1) is 26.4. The quantitative estimate of drug-likeness (QED) is 0.305. The van der Waals surface area contributed by atoms with Crippen LogP contribution in [0.15, 0.2) is 77.6 Å². The SMILES string of the molecule is CCc1ccc2[nH]c(=O)c(C(c3nnnn3Cc3ccccc3)N3CCN(Cc4ccc5c(c4)OCO5)CC3)cc2c1. The average Bonchev–Trinajstić information content (AvgIpc) is 3.68. The van der Waals surface area contributed by atoms with Crippen molar-refractivity contribution >= 4 is 10.9 Å². The highest BCUT2D eigenvalue weighted by Crippen LogP contribution is 2.33. The number of hydrogen-bond donors (Lipinski definition) is 1. The molecule has 1 unspecified atom stereocenters. The van der Waals surface area contributed by atoms with E-state index in [0.29, 0.717) is 17.9 Å². The van der Waals surface area contributed by atoms with Gasteiger partial charge in [0.15, 0.2) is 17.3 Å².